The average Bonchev–Trinajstić information content (AvgIpc) is 3.86. The summed E-state index contributed by atoms with van der Waals surface area (Å²) < 4.78 is 13.6. The van der Waals surface area contributed by atoms with Crippen molar-refractivity contribution in [3.05, 3.63) is 190 Å². The Balaban J connectivity index is 1.02. The highest BCUT2D eigenvalue weighted by molar-refractivity contribution is 6.18. The Labute approximate surface area is 413 Å². The van der Waals surface area contributed by atoms with Gasteiger partial charge in [-0.05, 0) is 190 Å². The first-order valence-electron chi connectivity index (χ1n) is 25.3. The smallest absolute Gasteiger partial charge is 0.136 e. The Hall–Kier alpha value is -7.30. The Bertz CT molecular complexity index is 3570. The highest BCUT2D eigenvalue weighted by Gasteiger charge is 2.25. The van der Waals surface area contributed by atoms with Gasteiger partial charge in [0, 0.05) is 44.3 Å². The molecule has 0 N–H and O–H groups in total. The van der Waals surface area contributed by atoms with Gasteiger partial charge in [0.15, 0.2) is 0 Å². The summed E-state index contributed by atoms with van der Waals surface area (Å²) in [6.45, 7) is 27.2. The number of fused-ring (bicyclic) bond motifs is 8. The zero-order valence-electron chi connectivity index (χ0n) is 42.9. The predicted octanol–water partition coefficient (Wildman–Crippen LogP) is 20.5. The van der Waals surface area contributed by atoms with E-state index in [0.717, 1.165) is 76.8 Å². The van der Waals surface area contributed by atoms with Crippen molar-refractivity contribution in [1.29, 1.82) is 0 Å². The molecular formula is C66H64N2O2. The molecule has 0 atom stereocenters. The fourth-order valence-corrected chi connectivity index (χ4v) is 11.1. The van der Waals surface area contributed by atoms with E-state index >= 15 is 0 Å². The van der Waals surface area contributed by atoms with Gasteiger partial charge in [-0.15, -0.1) is 0 Å². The van der Waals surface area contributed by atoms with Crippen molar-refractivity contribution in [2.24, 2.45) is 0 Å². The van der Waals surface area contributed by atoms with Crippen LogP contribution in [-0.4, -0.2) is 0 Å². The molecule has 0 aliphatic carbocycles. The number of hydrogen-bond donors (Lipinski definition) is 0. The number of aryl methyl sites for hydroxylation is 4. The van der Waals surface area contributed by atoms with Gasteiger partial charge >= 0.3 is 0 Å². The van der Waals surface area contributed by atoms with Crippen LogP contribution >= 0.6 is 0 Å². The van der Waals surface area contributed by atoms with Crippen molar-refractivity contribution in [1.82, 2.24) is 0 Å². The standard InChI is InChI=1S/C66H64N2O2/c1-37(2)45-21-25-59(53(29-45)39(5)6)67(65-41(9)15-13-16-42(65)10)51-23-19-47-31-55-57-35-64-58(36-63(57)69-61(55)33-49(47)27-51)56-32-48-20-24-52(28-50(48)34-62(56)70-64)68(66-43(11)17-14-18-44(66)12)60-26-22-46(38(3)4)30-54(60)40(7)8/h13-40H,1-12H3. The fourth-order valence-electron chi connectivity index (χ4n) is 11.1. The topological polar surface area (TPSA) is 32.8 Å². The molecule has 0 unspecified atom stereocenters. The second kappa shape index (κ2) is 17.3. The van der Waals surface area contributed by atoms with Gasteiger partial charge in [0.2, 0.25) is 0 Å². The van der Waals surface area contributed by atoms with Crippen molar-refractivity contribution >= 4 is 99.5 Å². The highest BCUT2D eigenvalue weighted by Crippen LogP contribution is 2.47. The second-order valence-electron chi connectivity index (χ2n) is 21.2. The summed E-state index contributed by atoms with van der Waals surface area (Å²) in [4.78, 5) is 4.96. The number of benzene rings is 9. The SMILES string of the molecule is Cc1cccc(C)c1N(c1ccc2cc3c(cc2c1)oc1cc2c(cc13)oc1cc3cc(N(c4ccc(C(C)C)cc4C(C)C)c4c(C)cccc4C)ccc3cc12)c1ccc(C(C)C)cc1C(C)C. The van der Waals surface area contributed by atoms with Gasteiger partial charge < -0.3 is 18.6 Å². The third kappa shape index (κ3) is 7.60. The Kier molecular flexibility index (Phi) is 11.1. The van der Waals surface area contributed by atoms with Gasteiger partial charge in [-0.1, -0.05) is 128 Å². The minimum absolute atomic E-state index is 0.349. The van der Waals surface area contributed by atoms with Gasteiger partial charge in [-0.2, -0.15) is 0 Å². The Morgan fingerprint density at radius 1 is 0.329 bits per heavy atom. The maximum Gasteiger partial charge on any atom is 0.136 e. The molecule has 11 rings (SSSR count). The van der Waals surface area contributed by atoms with Crippen LogP contribution in [0.5, 0.6) is 0 Å². The zero-order chi connectivity index (χ0) is 48.9. The molecule has 2 heterocycles. The molecular weight excluding hydrogens is 853 g/mol. The van der Waals surface area contributed by atoms with Crippen LogP contribution in [0, 0.1) is 27.7 Å². The third-order valence-electron chi connectivity index (χ3n) is 15.0. The molecule has 0 aliphatic heterocycles. The zero-order valence-corrected chi connectivity index (χ0v) is 42.9. The van der Waals surface area contributed by atoms with Crippen LogP contribution in [0.25, 0.3) is 65.4 Å². The van der Waals surface area contributed by atoms with Gasteiger partial charge in [-0.3, -0.25) is 0 Å². The molecule has 0 bridgehead atoms. The fraction of sp³-hybridized carbons (Fsp3) is 0.242. The predicted molar refractivity (Wildman–Crippen MR) is 301 cm³/mol. The van der Waals surface area contributed by atoms with Crippen molar-refractivity contribution < 1.29 is 8.83 Å². The van der Waals surface area contributed by atoms with E-state index in [-0.39, 0.29) is 0 Å². The van der Waals surface area contributed by atoms with Crippen LogP contribution in [0.3, 0.4) is 0 Å². The summed E-state index contributed by atoms with van der Waals surface area (Å²) >= 11 is 0. The van der Waals surface area contributed by atoms with Crippen molar-refractivity contribution in [3.8, 4) is 0 Å². The molecule has 2 aromatic heterocycles. The molecule has 0 amide bonds. The highest BCUT2D eigenvalue weighted by atomic mass is 16.3. The van der Waals surface area contributed by atoms with E-state index in [9.17, 15) is 0 Å². The second-order valence-corrected chi connectivity index (χ2v) is 21.2. The van der Waals surface area contributed by atoms with Crippen LogP contribution in [0.4, 0.5) is 34.1 Å². The number of rotatable bonds is 10. The molecule has 350 valence electrons. The lowest BCUT2D eigenvalue weighted by atomic mass is 9.92. The normalized spacial score (nSPS) is 12.2. The minimum atomic E-state index is 0.349. The van der Waals surface area contributed by atoms with Gasteiger partial charge in [0.1, 0.15) is 22.3 Å². The summed E-state index contributed by atoms with van der Waals surface area (Å²) in [5.41, 5.74) is 21.0. The molecule has 9 aromatic carbocycles. The number of nitrogens with zero attached hydrogens (tertiary/aromatic N) is 2. The molecule has 70 heavy (non-hydrogen) atoms. The molecule has 11 aromatic rings. The van der Waals surface area contributed by atoms with E-state index in [1.807, 2.05) is 0 Å². The number of para-hydroxylation sites is 2. The summed E-state index contributed by atoms with van der Waals surface area (Å²) in [6.07, 6.45) is 0. The lowest BCUT2D eigenvalue weighted by Gasteiger charge is -2.32. The maximum atomic E-state index is 6.80. The van der Waals surface area contributed by atoms with E-state index in [4.69, 9.17) is 8.83 Å². The van der Waals surface area contributed by atoms with Crippen molar-refractivity contribution in [3.63, 3.8) is 0 Å². The third-order valence-corrected chi connectivity index (χ3v) is 15.0. The van der Waals surface area contributed by atoms with Crippen LogP contribution in [0.1, 0.15) is 124 Å². The van der Waals surface area contributed by atoms with Crippen LogP contribution in [0.15, 0.2) is 154 Å². The maximum absolute atomic E-state index is 6.80. The molecule has 0 aliphatic rings. The summed E-state index contributed by atoms with van der Waals surface area (Å²) in [5.74, 6) is 1.60. The lowest BCUT2D eigenvalue weighted by Crippen LogP contribution is -2.15. The van der Waals surface area contributed by atoms with E-state index < -0.39 is 0 Å². The Morgan fingerprint density at radius 3 is 1.04 bits per heavy atom. The van der Waals surface area contributed by atoms with Gasteiger partial charge in [-0.25, -0.2) is 0 Å². The van der Waals surface area contributed by atoms with E-state index in [0.29, 0.717) is 23.7 Å². The first-order chi connectivity index (χ1) is 33.6. The van der Waals surface area contributed by atoms with Gasteiger partial charge in [0.05, 0.1) is 11.4 Å². The molecule has 4 nitrogen and oxygen atoms in total. The number of anilines is 6. The minimum Gasteiger partial charge on any atom is -0.456 e. The van der Waals surface area contributed by atoms with Crippen LogP contribution < -0.4 is 9.80 Å². The molecule has 4 heteroatoms. The summed E-state index contributed by atoms with van der Waals surface area (Å²) in [5, 5.41) is 8.87. The molecule has 0 radical (unpaired) electrons. The Morgan fingerprint density at radius 2 is 0.686 bits per heavy atom. The molecule has 0 fully saturated rings. The first kappa shape index (κ1) is 45.2. The largest absolute Gasteiger partial charge is 0.456 e. The number of furan rings is 2. The van der Waals surface area contributed by atoms with E-state index in [2.05, 4.69) is 238 Å². The molecule has 0 saturated carbocycles. The van der Waals surface area contributed by atoms with E-state index in [1.54, 1.807) is 0 Å². The van der Waals surface area contributed by atoms with Crippen molar-refractivity contribution in [2.45, 2.75) is 107 Å². The summed E-state index contributed by atoms with van der Waals surface area (Å²) in [7, 11) is 0. The van der Waals surface area contributed by atoms with Gasteiger partial charge in [0.25, 0.3) is 0 Å². The lowest BCUT2D eigenvalue weighted by molar-refractivity contribution is 0.664. The summed E-state index contributed by atoms with van der Waals surface area (Å²) in [6, 6.07) is 54.5. The molecule has 0 saturated heterocycles. The van der Waals surface area contributed by atoms with Crippen molar-refractivity contribution in [2.75, 3.05) is 9.80 Å². The van der Waals surface area contributed by atoms with Crippen LogP contribution in [-0.2, 0) is 0 Å². The quantitative estimate of drug-likeness (QED) is 0.137. The average molecular weight is 917 g/mol. The van der Waals surface area contributed by atoms with E-state index in [1.165, 1.54) is 67.3 Å². The van der Waals surface area contributed by atoms with Crippen LogP contribution in [0.2, 0.25) is 0 Å². The number of hydrogen-bond acceptors (Lipinski definition) is 4. The molecule has 0 spiro atoms. The monoisotopic (exact) mass is 916 g/mol. The first-order valence-corrected chi connectivity index (χ1v) is 25.3.